The van der Waals surface area contributed by atoms with Gasteiger partial charge >= 0.3 is 16.3 Å². The maximum atomic E-state index is 13.2. The molecule has 1 aliphatic heterocycles. The molecule has 0 aliphatic carbocycles. The monoisotopic (exact) mass is 736 g/mol. The molecule has 1 aromatic carbocycles. The Labute approximate surface area is 284 Å². The van der Waals surface area contributed by atoms with Crippen molar-refractivity contribution in [2.45, 2.75) is 38.0 Å². The molecular formula is C27H28N8O13S2. The number of benzene rings is 1. The average molecular weight is 737 g/mol. The Balaban J connectivity index is 1.42. The fraction of sp³-hybridized carbons (Fsp3) is 0.259. The summed E-state index contributed by atoms with van der Waals surface area (Å²) < 4.78 is 33.8. The van der Waals surface area contributed by atoms with Crippen LogP contribution >= 0.6 is 11.3 Å². The summed E-state index contributed by atoms with van der Waals surface area (Å²) in [5.41, 5.74) is 2.20. The van der Waals surface area contributed by atoms with E-state index in [1.807, 2.05) is 0 Å². The molecule has 3 heterocycles. The number of oxime groups is 1. The van der Waals surface area contributed by atoms with Crippen LogP contribution in [0.5, 0.6) is 5.75 Å². The van der Waals surface area contributed by atoms with Crippen molar-refractivity contribution < 1.29 is 57.2 Å². The average Bonchev–Trinajstić information content (AvgIpc) is 3.45. The minimum atomic E-state index is -5.14. The Morgan fingerprint density at radius 2 is 1.82 bits per heavy atom. The summed E-state index contributed by atoms with van der Waals surface area (Å²) in [6, 6.07) is 3.27. The molecule has 0 spiro atoms. The number of hydrogen-bond acceptors (Lipinski definition) is 15. The van der Waals surface area contributed by atoms with Gasteiger partial charge in [-0.1, -0.05) is 17.3 Å². The molecule has 50 heavy (non-hydrogen) atoms. The van der Waals surface area contributed by atoms with Crippen LogP contribution in [0, 0.1) is 0 Å². The van der Waals surface area contributed by atoms with Crippen molar-refractivity contribution in [2.24, 2.45) is 5.16 Å². The molecule has 1 saturated heterocycles. The van der Waals surface area contributed by atoms with Crippen LogP contribution in [-0.2, 0) is 40.7 Å². The first-order valence-corrected chi connectivity index (χ1v) is 16.2. The van der Waals surface area contributed by atoms with Gasteiger partial charge in [0, 0.05) is 23.7 Å². The van der Waals surface area contributed by atoms with E-state index in [2.05, 4.69) is 26.1 Å². The zero-order valence-electron chi connectivity index (χ0n) is 25.8. The molecule has 0 bridgehead atoms. The number of aliphatic carboxylic acids is 1. The predicted molar refractivity (Wildman–Crippen MR) is 171 cm³/mol. The topological polar surface area (TPSA) is 322 Å². The van der Waals surface area contributed by atoms with Gasteiger partial charge in [0.05, 0.1) is 18.7 Å². The number of nitrogens with one attached hydrogen (secondary N) is 3. The van der Waals surface area contributed by atoms with Gasteiger partial charge in [0.1, 0.15) is 17.4 Å². The highest BCUT2D eigenvalue weighted by atomic mass is 32.2. The molecule has 9 N–H and O–H groups in total. The number of nitrogens with two attached hydrogens (primary N) is 1. The van der Waals surface area contributed by atoms with Gasteiger partial charge in [-0.05, 0) is 31.5 Å². The van der Waals surface area contributed by atoms with Gasteiger partial charge in [-0.2, -0.15) is 13.1 Å². The van der Waals surface area contributed by atoms with Crippen LogP contribution < -0.4 is 27.1 Å². The summed E-state index contributed by atoms with van der Waals surface area (Å²) in [5.74, 6) is -6.18. The first-order valence-electron chi connectivity index (χ1n) is 13.9. The summed E-state index contributed by atoms with van der Waals surface area (Å²) in [6.07, 6.45) is 0.361. The number of carboxylic acids is 1. The van der Waals surface area contributed by atoms with Crippen LogP contribution in [0.2, 0.25) is 0 Å². The Morgan fingerprint density at radius 1 is 1.16 bits per heavy atom. The van der Waals surface area contributed by atoms with Gasteiger partial charge in [-0.25, -0.2) is 14.1 Å². The summed E-state index contributed by atoms with van der Waals surface area (Å²) in [6.45, 7) is 1.72. The standard InChI is InChI=1S/C27H28N8O13S2/c1-27(2,25(42)43)48-33-20(14-11-49-26(28)31-14)23(40)32-21-16(35(24(21)41)50(45,46)47)9-29-19(38)7-12-3-5-13(6-4-12)30-22(39)15-8-17(36)18(37)10-34(15)44/h3-6,8,10-11,16,21,37,44H,7,9H2,1-2H3,(H2,28,31)(H,29,38)(H,30,39)(H,32,40)(H,42,43)(H,45,46,47)/t16-,21+/m1/s1. The van der Waals surface area contributed by atoms with Crippen LogP contribution in [0.4, 0.5) is 10.8 Å². The van der Waals surface area contributed by atoms with Crippen molar-refractivity contribution in [3.8, 4) is 5.75 Å². The Morgan fingerprint density at radius 3 is 2.40 bits per heavy atom. The molecule has 21 nitrogen and oxygen atoms in total. The van der Waals surface area contributed by atoms with Crippen molar-refractivity contribution in [2.75, 3.05) is 17.6 Å². The maximum absolute atomic E-state index is 13.2. The van der Waals surface area contributed by atoms with E-state index in [9.17, 15) is 57.2 Å². The molecule has 2 aromatic heterocycles. The zero-order chi connectivity index (χ0) is 37.1. The molecule has 0 saturated carbocycles. The van der Waals surface area contributed by atoms with Crippen molar-refractivity contribution in [1.29, 1.82) is 0 Å². The summed E-state index contributed by atoms with van der Waals surface area (Å²) >= 11 is 0.901. The molecule has 1 fully saturated rings. The van der Waals surface area contributed by atoms with E-state index in [0.717, 1.165) is 31.3 Å². The van der Waals surface area contributed by atoms with E-state index < -0.39 is 86.7 Å². The first kappa shape index (κ1) is 36.8. The molecule has 266 valence electrons. The van der Waals surface area contributed by atoms with Crippen molar-refractivity contribution in [1.82, 2.24) is 24.7 Å². The molecule has 4 amide bonds. The number of thiazole rings is 1. The van der Waals surface area contributed by atoms with Crippen molar-refractivity contribution >= 4 is 67.8 Å². The van der Waals surface area contributed by atoms with E-state index >= 15 is 0 Å². The lowest BCUT2D eigenvalue weighted by atomic mass is 9.98. The normalized spacial score (nSPS) is 16.3. The number of hydrogen-bond donors (Lipinski definition) is 8. The predicted octanol–water partition coefficient (Wildman–Crippen LogP) is -1.48. The molecular weight excluding hydrogens is 708 g/mol. The molecule has 0 radical (unpaired) electrons. The van der Waals surface area contributed by atoms with E-state index in [1.54, 1.807) is 0 Å². The number of aromatic nitrogens is 2. The zero-order valence-corrected chi connectivity index (χ0v) is 27.4. The number of pyridine rings is 1. The molecule has 4 rings (SSSR count). The van der Waals surface area contributed by atoms with Crippen LogP contribution in [0.3, 0.4) is 0 Å². The van der Waals surface area contributed by atoms with Crippen LogP contribution in [-0.4, -0.2) is 102 Å². The number of carbonyl (C=O) groups excluding carboxylic acids is 4. The Hall–Kier alpha value is -6.07. The number of nitrogens with zero attached hydrogens (tertiary/aromatic N) is 4. The van der Waals surface area contributed by atoms with E-state index in [1.165, 1.54) is 29.6 Å². The third kappa shape index (κ3) is 8.31. The maximum Gasteiger partial charge on any atom is 0.362 e. The quantitative estimate of drug-likeness (QED) is 0.0326. The van der Waals surface area contributed by atoms with Gasteiger partial charge in [0.2, 0.25) is 16.9 Å². The lowest BCUT2D eigenvalue weighted by Gasteiger charge is -2.44. The number of amides is 4. The number of nitrogen functional groups attached to an aromatic ring is 1. The summed E-state index contributed by atoms with van der Waals surface area (Å²) in [4.78, 5) is 83.0. The number of carboxylic acid groups (broad SMARTS) is 1. The second-order valence-electron chi connectivity index (χ2n) is 10.9. The van der Waals surface area contributed by atoms with Crippen LogP contribution in [0.1, 0.15) is 35.6 Å². The first-order chi connectivity index (χ1) is 23.3. The lowest BCUT2D eigenvalue weighted by molar-refractivity contribution is -0.161. The number of carbonyl (C=O) groups is 5. The highest BCUT2D eigenvalue weighted by Gasteiger charge is 2.54. The van der Waals surface area contributed by atoms with Gasteiger partial charge in [-0.3, -0.25) is 28.5 Å². The number of β-lactam (4-membered cyclic amide) rings is 1. The largest absolute Gasteiger partial charge is 0.503 e. The molecule has 2 atom stereocenters. The smallest absolute Gasteiger partial charge is 0.362 e. The molecule has 0 unspecified atom stereocenters. The molecule has 23 heteroatoms. The highest BCUT2D eigenvalue weighted by Crippen LogP contribution is 2.24. The number of rotatable bonds is 13. The van der Waals surface area contributed by atoms with Gasteiger partial charge < -0.3 is 41.9 Å². The highest BCUT2D eigenvalue weighted by molar-refractivity contribution is 7.84. The Bertz CT molecular complexity index is 2060. The van der Waals surface area contributed by atoms with Crippen molar-refractivity contribution in [3.05, 3.63) is 69.1 Å². The fourth-order valence-corrected chi connectivity index (χ4v) is 5.65. The van der Waals surface area contributed by atoms with Gasteiger partial charge in [0.25, 0.3) is 17.7 Å². The van der Waals surface area contributed by atoms with Crippen molar-refractivity contribution in [3.63, 3.8) is 0 Å². The van der Waals surface area contributed by atoms with Crippen LogP contribution in [0.15, 0.2) is 51.9 Å². The number of anilines is 2. The second kappa shape index (κ2) is 14.2. The summed E-state index contributed by atoms with van der Waals surface area (Å²) in [7, 11) is -5.14. The third-order valence-electron chi connectivity index (χ3n) is 6.89. The summed E-state index contributed by atoms with van der Waals surface area (Å²) in [5, 5.41) is 40.4. The minimum Gasteiger partial charge on any atom is -0.503 e. The van der Waals surface area contributed by atoms with E-state index in [0.29, 0.717) is 11.8 Å². The van der Waals surface area contributed by atoms with Gasteiger partial charge in [0.15, 0.2) is 16.6 Å². The van der Waals surface area contributed by atoms with Crippen LogP contribution in [0.25, 0.3) is 0 Å². The lowest BCUT2D eigenvalue weighted by Crippen LogP contribution is -2.74. The number of aromatic hydroxyl groups is 1. The molecule has 1 aliphatic rings. The second-order valence-corrected chi connectivity index (χ2v) is 13.1. The van der Waals surface area contributed by atoms with Gasteiger partial charge in [-0.15, -0.1) is 11.3 Å². The fourth-order valence-electron chi connectivity index (χ4n) is 4.22. The van der Waals surface area contributed by atoms with E-state index in [4.69, 9.17) is 10.6 Å². The molecule has 3 aromatic rings. The third-order valence-corrected chi connectivity index (χ3v) is 8.52. The minimum absolute atomic E-state index is 0.00243. The SMILES string of the molecule is CC(C)(ON=C(C(=O)N[C@@H]1C(=O)N(S(=O)(=O)O)[C@@H]1CNC(=O)Cc1ccc(NC(=O)c2cc(=O)c(O)cn2O)cc1)c1csc(N)n1)C(=O)O. The van der Waals surface area contributed by atoms with E-state index in [-0.39, 0.29) is 32.0 Å². The Kier molecular flexibility index (Phi) is 10.4.